The van der Waals surface area contributed by atoms with Gasteiger partial charge in [0.1, 0.15) is 0 Å². The first-order valence-electron chi connectivity index (χ1n) is 3.80. The molecule has 62 valence electrons. The molecule has 0 saturated carbocycles. The van der Waals surface area contributed by atoms with Gasteiger partial charge in [0.15, 0.2) is 0 Å². The molecular formula is C8H13NO2. The van der Waals surface area contributed by atoms with Crippen molar-refractivity contribution in [2.24, 2.45) is 0 Å². The van der Waals surface area contributed by atoms with Crippen LogP contribution in [0.4, 0.5) is 0 Å². The lowest BCUT2D eigenvalue weighted by Crippen LogP contribution is -2.21. The average molecular weight is 155 g/mol. The fourth-order valence-corrected chi connectivity index (χ4v) is 0.715. The Kier molecular flexibility index (Phi) is 4.18. The molecular weight excluding hydrogens is 142 g/mol. The smallest absolute Gasteiger partial charge is 0.254 e. The first-order chi connectivity index (χ1) is 5.24. The van der Waals surface area contributed by atoms with E-state index in [-0.39, 0.29) is 11.8 Å². The van der Waals surface area contributed by atoms with Gasteiger partial charge in [-0.25, -0.2) is 0 Å². The third-order valence-corrected chi connectivity index (χ3v) is 1.21. The van der Waals surface area contributed by atoms with Crippen LogP contribution in [0.25, 0.3) is 0 Å². The highest BCUT2D eigenvalue weighted by Gasteiger charge is 2.17. The molecule has 0 atom stereocenters. The molecule has 0 aliphatic carbocycles. The molecule has 1 aliphatic rings. The van der Waals surface area contributed by atoms with Gasteiger partial charge in [-0.15, -0.1) is 0 Å². The van der Waals surface area contributed by atoms with Crippen LogP contribution in [0, 0.1) is 0 Å². The van der Waals surface area contributed by atoms with Crippen LogP contribution in [0.5, 0.6) is 0 Å². The minimum Gasteiger partial charge on any atom is -0.289 e. The summed E-state index contributed by atoms with van der Waals surface area (Å²) in [5.41, 5.74) is 0.569. The highest BCUT2D eigenvalue weighted by Crippen LogP contribution is 2.04. The number of carbonyl (C=O) groups is 2. The number of hydrogen-bond donors (Lipinski definition) is 1. The van der Waals surface area contributed by atoms with E-state index in [1.165, 1.54) is 6.08 Å². The second-order valence-electron chi connectivity index (χ2n) is 1.84. The molecule has 1 rings (SSSR count). The molecule has 0 radical (unpaired) electrons. The van der Waals surface area contributed by atoms with Gasteiger partial charge in [0.25, 0.3) is 11.8 Å². The van der Waals surface area contributed by atoms with Crippen molar-refractivity contribution in [1.82, 2.24) is 5.32 Å². The largest absolute Gasteiger partial charge is 0.289 e. The van der Waals surface area contributed by atoms with Crippen LogP contribution in [0.15, 0.2) is 11.6 Å². The van der Waals surface area contributed by atoms with Gasteiger partial charge in [-0.3, -0.25) is 14.9 Å². The van der Waals surface area contributed by atoms with Gasteiger partial charge in [0, 0.05) is 11.6 Å². The molecule has 2 amide bonds. The van der Waals surface area contributed by atoms with Gasteiger partial charge in [0.05, 0.1) is 0 Å². The van der Waals surface area contributed by atoms with Crippen LogP contribution in [0.3, 0.4) is 0 Å². The van der Waals surface area contributed by atoms with Crippen LogP contribution in [0.1, 0.15) is 27.2 Å². The van der Waals surface area contributed by atoms with Crippen molar-refractivity contribution >= 4 is 11.8 Å². The van der Waals surface area contributed by atoms with E-state index in [1.807, 2.05) is 20.8 Å². The summed E-state index contributed by atoms with van der Waals surface area (Å²) < 4.78 is 0. The van der Waals surface area contributed by atoms with Crippen LogP contribution >= 0.6 is 0 Å². The van der Waals surface area contributed by atoms with E-state index in [1.54, 1.807) is 0 Å². The summed E-state index contributed by atoms with van der Waals surface area (Å²) in [6.45, 7) is 5.84. The van der Waals surface area contributed by atoms with E-state index >= 15 is 0 Å². The van der Waals surface area contributed by atoms with E-state index in [4.69, 9.17) is 0 Å². The van der Waals surface area contributed by atoms with Gasteiger partial charge in [-0.1, -0.05) is 20.8 Å². The summed E-state index contributed by atoms with van der Waals surface area (Å²) in [5, 5.41) is 2.15. The Morgan fingerprint density at radius 1 is 1.36 bits per heavy atom. The number of carbonyl (C=O) groups excluding carboxylic acids is 2. The maximum Gasteiger partial charge on any atom is 0.254 e. The van der Waals surface area contributed by atoms with Gasteiger partial charge >= 0.3 is 0 Å². The van der Waals surface area contributed by atoms with Crippen LogP contribution in [-0.2, 0) is 9.59 Å². The van der Waals surface area contributed by atoms with Crippen molar-refractivity contribution in [3.63, 3.8) is 0 Å². The first kappa shape index (κ1) is 9.88. The fourth-order valence-electron chi connectivity index (χ4n) is 0.715. The predicted octanol–water partition coefficient (Wildman–Crippen LogP) is 1.01. The Morgan fingerprint density at radius 2 is 1.91 bits per heavy atom. The first-order valence-corrected chi connectivity index (χ1v) is 3.80. The van der Waals surface area contributed by atoms with Gasteiger partial charge < -0.3 is 0 Å². The molecule has 1 aliphatic heterocycles. The lowest BCUT2D eigenvalue weighted by atomic mass is 10.2. The Bertz CT molecular complexity index is 194. The Morgan fingerprint density at radius 3 is 2.09 bits per heavy atom. The maximum absolute atomic E-state index is 10.6. The normalized spacial score (nSPS) is 15.0. The molecule has 0 aromatic rings. The second-order valence-corrected chi connectivity index (χ2v) is 1.84. The van der Waals surface area contributed by atoms with Crippen molar-refractivity contribution in [3.8, 4) is 0 Å². The zero-order valence-electron chi connectivity index (χ0n) is 7.10. The Balaban J connectivity index is 0.000000461. The summed E-state index contributed by atoms with van der Waals surface area (Å²) in [6, 6.07) is 0. The van der Waals surface area contributed by atoms with Crippen LogP contribution in [-0.4, -0.2) is 11.8 Å². The molecule has 0 fully saturated rings. The lowest BCUT2D eigenvalue weighted by molar-refractivity contribution is -0.123. The summed E-state index contributed by atoms with van der Waals surface area (Å²) in [6.07, 6.45) is 1.96. The molecule has 0 bridgehead atoms. The van der Waals surface area contributed by atoms with E-state index in [0.29, 0.717) is 12.0 Å². The minimum absolute atomic E-state index is 0.248. The number of hydrogen-bond acceptors (Lipinski definition) is 2. The van der Waals surface area contributed by atoms with Crippen LogP contribution in [0.2, 0.25) is 0 Å². The number of imide groups is 1. The zero-order chi connectivity index (χ0) is 8.85. The molecule has 0 spiro atoms. The summed E-state index contributed by atoms with van der Waals surface area (Å²) in [4.78, 5) is 21.0. The van der Waals surface area contributed by atoms with E-state index < -0.39 is 0 Å². The van der Waals surface area contributed by atoms with Crippen LogP contribution < -0.4 is 5.32 Å². The highest BCUT2D eigenvalue weighted by atomic mass is 16.2. The Hall–Kier alpha value is -1.12. The molecule has 0 aromatic carbocycles. The molecule has 0 aromatic heterocycles. The van der Waals surface area contributed by atoms with Gasteiger partial charge in [0.2, 0.25) is 0 Å². The van der Waals surface area contributed by atoms with Crippen molar-refractivity contribution < 1.29 is 9.59 Å². The molecule has 0 saturated heterocycles. The number of rotatable bonds is 1. The molecule has 1 N–H and O–H groups in total. The zero-order valence-corrected chi connectivity index (χ0v) is 7.10. The number of nitrogens with one attached hydrogen (secondary N) is 1. The average Bonchev–Trinajstić information content (AvgIpc) is 2.33. The maximum atomic E-state index is 10.6. The van der Waals surface area contributed by atoms with Crippen molar-refractivity contribution in [2.75, 3.05) is 0 Å². The topological polar surface area (TPSA) is 46.2 Å². The summed E-state index contributed by atoms with van der Waals surface area (Å²) in [7, 11) is 0. The fraction of sp³-hybridized carbons (Fsp3) is 0.500. The quantitative estimate of drug-likeness (QED) is 0.574. The van der Waals surface area contributed by atoms with Crippen molar-refractivity contribution in [1.29, 1.82) is 0 Å². The molecule has 3 heteroatoms. The standard InChI is InChI=1S/C6H7NO2.C2H6/c1-2-4-3-5(8)7-6(4)9;1-2/h3H,2H2,1H3,(H,7,8,9);1-2H3. The Labute approximate surface area is 66.5 Å². The summed E-state index contributed by atoms with van der Waals surface area (Å²) >= 11 is 0. The predicted molar refractivity (Wildman–Crippen MR) is 42.9 cm³/mol. The van der Waals surface area contributed by atoms with Crippen molar-refractivity contribution in [2.45, 2.75) is 27.2 Å². The molecule has 0 unspecified atom stereocenters. The summed E-state index contributed by atoms with van der Waals surface area (Å²) in [5.74, 6) is -0.542. The third kappa shape index (κ3) is 2.53. The monoisotopic (exact) mass is 155 g/mol. The SMILES string of the molecule is CC.CCC1=CC(=O)NC1=O. The van der Waals surface area contributed by atoms with Crippen molar-refractivity contribution in [3.05, 3.63) is 11.6 Å². The second kappa shape index (κ2) is 4.66. The molecule has 3 nitrogen and oxygen atoms in total. The number of amides is 2. The van der Waals surface area contributed by atoms with Gasteiger partial charge in [-0.05, 0) is 6.42 Å². The highest BCUT2D eigenvalue weighted by molar-refractivity contribution is 6.16. The van der Waals surface area contributed by atoms with E-state index in [2.05, 4.69) is 5.32 Å². The van der Waals surface area contributed by atoms with E-state index in [9.17, 15) is 9.59 Å². The minimum atomic E-state index is -0.295. The van der Waals surface area contributed by atoms with E-state index in [0.717, 1.165) is 0 Å². The molecule has 11 heavy (non-hydrogen) atoms. The van der Waals surface area contributed by atoms with Gasteiger partial charge in [-0.2, -0.15) is 0 Å². The third-order valence-electron chi connectivity index (χ3n) is 1.21. The molecule has 1 heterocycles. The lowest BCUT2D eigenvalue weighted by Gasteiger charge is -1.89.